The van der Waals surface area contributed by atoms with E-state index >= 15 is 0 Å². The molecule has 1 aromatic carbocycles. The average molecular weight is 241 g/mol. The van der Waals surface area contributed by atoms with Crippen molar-refractivity contribution in [2.45, 2.75) is 26.7 Å². The third-order valence-corrected chi connectivity index (χ3v) is 2.30. The second-order valence-electron chi connectivity index (χ2n) is 3.19. The van der Waals surface area contributed by atoms with Gasteiger partial charge >= 0.3 is 0 Å². The SMILES string of the molecule is CCCC(=O)c1cc(C)cc(Br)c1. The Bertz CT molecular complexity index is 298. The summed E-state index contributed by atoms with van der Waals surface area (Å²) in [5.74, 6) is 0.229. The molecule has 0 aliphatic heterocycles. The molecular formula is C11H13BrO. The van der Waals surface area contributed by atoms with Crippen molar-refractivity contribution in [2.24, 2.45) is 0 Å². The maximum Gasteiger partial charge on any atom is 0.162 e. The molecule has 0 aliphatic carbocycles. The number of aryl methyl sites for hydroxylation is 1. The van der Waals surface area contributed by atoms with Crippen molar-refractivity contribution in [3.8, 4) is 0 Å². The highest BCUT2D eigenvalue weighted by molar-refractivity contribution is 9.10. The zero-order valence-corrected chi connectivity index (χ0v) is 9.52. The smallest absolute Gasteiger partial charge is 0.162 e. The lowest BCUT2D eigenvalue weighted by molar-refractivity contribution is 0.0981. The van der Waals surface area contributed by atoms with E-state index in [2.05, 4.69) is 15.9 Å². The van der Waals surface area contributed by atoms with E-state index in [1.807, 2.05) is 32.0 Å². The standard InChI is InChI=1S/C11H13BrO/c1-3-4-11(13)9-5-8(2)6-10(12)7-9/h5-7H,3-4H2,1-2H3. The summed E-state index contributed by atoms with van der Waals surface area (Å²) >= 11 is 3.38. The van der Waals surface area contributed by atoms with Gasteiger partial charge < -0.3 is 0 Å². The van der Waals surface area contributed by atoms with Crippen molar-refractivity contribution >= 4 is 21.7 Å². The first-order valence-corrected chi connectivity index (χ1v) is 5.23. The Hall–Kier alpha value is -0.630. The number of halogens is 1. The van der Waals surface area contributed by atoms with Crippen LogP contribution in [0.5, 0.6) is 0 Å². The lowest BCUT2D eigenvalue weighted by Crippen LogP contribution is -1.98. The normalized spacial score (nSPS) is 10.1. The first-order valence-electron chi connectivity index (χ1n) is 4.44. The molecule has 0 unspecified atom stereocenters. The third-order valence-electron chi connectivity index (χ3n) is 1.84. The van der Waals surface area contributed by atoms with Crippen LogP contribution in [0.15, 0.2) is 22.7 Å². The molecule has 0 amide bonds. The first-order chi connectivity index (χ1) is 6.13. The van der Waals surface area contributed by atoms with E-state index in [0.717, 1.165) is 22.0 Å². The van der Waals surface area contributed by atoms with Crippen molar-refractivity contribution in [3.63, 3.8) is 0 Å². The largest absolute Gasteiger partial charge is 0.294 e. The Balaban J connectivity index is 2.94. The van der Waals surface area contributed by atoms with E-state index in [4.69, 9.17) is 0 Å². The lowest BCUT2D eigenvalue weighted by atomic mass is 10.1. The molecule has 0 atom stereocenters. The maximum atomic E-state index is 11.5. The van der Waals surface area contributed by atoms with Crippen LogP contribution in [0.25, 0.3) is 0 Å². The number of carbonyl (C=O) groups is 1. The number of benzene rings is 1. The summed E-state index contributed by atoms with van der Waals surface area (Å²) < 4.78 is 0.979. The van der Waals surface area contributed by atoms with E-state index in [1.165, 1.54) is 0 Å². The zero-order valence-electron chi connectivity index (χ0n) is 7.93. The lowest BCUT2D eigenvalue weighted by Gasteiger charge is -2.01. The van der Waals surface area contributed by atoms with Gasteiger partial charge in [-0.2, -0.15) is 0 Å². The van der Waals surface area contributed by atoms with E-state index in [9.17, 15) is 4.79 Å². The van der Waals surface area contributed by atoms with Gasteiger partial charge in [-0.25, -0.2) is 0 Å². The predicted octanol–water partition coefficient (Wildman–Crippen LogP) is 3.74. The van der Waals surface area contributed by atoms with E-state index in [1.54, 1.807) is 0 Å². The Kier molecular flexibility index (Phi) is 3.67. The minimum Gasteiger partial charge on any atom is -0.294 e. The van der Waals surface area contributed by atoms with Gasteiger partial charge in [-0.05, 0) is 37.1 Å². The van der Waals surface area contributed by atoms with Gasteiger partial charge in [0.15, 0.2) is 5.78 Å². The summed E-state index contributed by atoms with van der Waals surface area (Å²) in [6.07, 6.45) is 1.54. The highest BCUT2D eigenvalue weighted by Gasteiger charge is 2.05. The monoisotopic (exact) mass is 240 g/mol. The average Bonchev–Trinajstić information content (AvgIpc) is 2.03. The fourth-order valence-corrected chi connectivity index (χ4v) is 1.88. The Morgan fingerprint density at radius 1 is 1.38 bits per heavy atom. The summed E-state index contributed by atoms with van der Waals surface area (Å²) in [7, 11) is 0. The minimum absolute atomic E-state index is 0.229. The Labute approximate surface area is 87.3 Å². The minimum atomic E-state index is 0.229. The van der Waals surface area contributed by atoms with Crippen LogP contribution in [0.2, 0.25) is 0 Å². The van der Waals surface area contributed by atoms with Gasteiger partial charge in [0, 0.05) is 16.5 Å². The number of Topliss-reactive ketones (excluding diaryl/α,β-unsaturated/α-hetero) is 1. The molecule has 0 aromatic heterocycles. The number of hydrogen-bond donors (Lipinski definition) is 0. The molecule has 0 fully saturated rings. The third kappa shape index (κ3) is 2.96. The molecule has 0 saturated heterocycles. The van der Waals surface area contributed by atoms with Gasteiger partial charge in [0.2, 0.25) is 0 Å². The molecule has 0 radical (unpaired) electrons. The highest BCUT2D eigenvalue weighted by Crippen LogP contribution is 2.16. The highest BCUT2D eigenvalue weighted by atomic mass is 79.9. The first kappa shape index (κ1) is 10.5. The second kappa shape index (κ2) is 4.56. The molecule has 70 valence electrons. The Morgan fingerprint density at radius 2 is 2.08 bits per heavy atom. The Morgan fingerprint density at radius 3 is 2.62 bits per heavy atom. The zero-order chi connectivity index (χ0) is 9.84. The van der Waals surface area contributed by atoms with Crippen LogP contribution in [-0.2, 0) is 0 Å². The van der Waals surface area contributed by atoms with E-state index < -0.39 is 0 Å². The second-order valence-corrected chi connectivity index (χ2v) is 4.11. The number of ketones is 1. The molecule has 1 nitrogen and oxygen atoms in total. The number of rotatable bonds is 3. The molecule has 2 heteroatoms. The van der Waals surface area contributed by atoms with Crippen LogP contribution in [-0.4, -0.2) is 5.78 Å². The van der Waals surface area contributed by atoms with Crippen molar-refractivity contribution in [2.75, 3.05) is 0 Å². The van der Waals surface area contributed by atoms with Crippen molar-refractivity contribution in [3.05, 3.63) is 33.8 Å². The molecule has 0 heterocycles. The van der Waals surface area contributed by atoms with E-state index in [-0.39, 0.29) is 5.78 Å². The molecule has 1 rings (SSSR count). The van der Waals surface area contributed by atoms with Gasteiger partial charge in [0.1, 0.15) is 0 Å². The van der Waals surface area contributed by atoms with Crippen molar-refractivity contribution in [1.82, 2.24) is 0 Å². The molecule has 13 heavy (non-hydrogen) atoms. The molecule has 0 aliphatic rings. The molecule has 0 bridgehead atoms. The van der Waals surface area contributed by atoms with Crippen LogP contribution >= 0.6 is 15.9 Å². The van der Waals surface area contributed by atoms with E-state index in [0.29, 0.717) is 6.42 Å². The molecule has 0 spiro atoms. The summed E-state index contributed by atoms with van der Waals surface area (Å²) in [6.45, 7) is 4.01. The number of hydrogen-bond acceptors (Lipinski definition) is 1. The molecule has 0 N–H and O–H groups in total. The van der Waals surface area contributed by atoms with Crippen LogP contribution in [0.3, 0.4) is 0 Å². The molecule has 0 saturated carbocycles. The van der Waals surface area contributed by atoms with Gasteiger partial charge in [-0.15, -0.1) is 0 Å². The summed E-state index contributed by atoms with van der Waals surface area (Å²) in [4.78, 5) is 11.5. The molecular weight excluding hydrogens is 228 g/mol. The summed E-state index contributed by atoms with van der Waals surface area (Å²) in [6, 6.07) is 5.82. The topological polar surface area (TPSA) is 17.1 Å². The summed E-state index contributed by atoms with van der Waals surface area (Å²) in [5, 5.41) is 0. The fraction of sp³-hybridized carbons (Fsp3) is 0.364. The maximum absolute atomic E-state index is 11.5. The van der Waals surface area contributed by atoms with Gasteiger partial charge in [-0.1, -0.05) is 22.9 Å². The fourth-order valence-electron chi connectivity index (χ4n) is 1.27. The van der Waals surface area contributed by atoms with Crippen LogP contribution < -0.4 is 0 Å². The van der Waals surface area contributed by atoms with Crippen LogP contribution in [0.1, 0.15) is 35.7 Å². The van der Waals surface area contributed by atoms with Gasteiger partial charge in [0.25, 0.3) is 0 Å². The summed E-state index contributed by atoms with van der Waals surface area (Å²) in [5.41, 5.74) is 1.93. The van der Waals surface area contributed by atoms with Crippen molar-refractivity contribution < 1.29 is 4.79 Å². The van der Waals surface area contributed by atoms with Crippen molar-refractivity contribution in [1.29, 1.82) is 0 Å². The quantitative estimate of drug-likeness (QED) is 0.736. The van der Waals surface area contributed by atoms with Crippen LogP contribution in [0, 0.1) is 6.92 Å². The van der Waals surface area contributed by atoms with Crippen LogP contribution in [0.4, 0.5) is 0 Å². The predicted molar refractivity (Wildman–Crippen MR) is 58.1 cm³/mol. The molecule has 1 aromatic rings. The van der Waals surface area contributed by atoms with Gasteiger partial charge in [-0.3, -0.25) is 4.79 Å². The van der Waals surface area contributed by atoms with Gasteiger partial charge in [0.05, 0.1) is 0 Å². The number of carbonyl (C=O) groups excluding carboxylic acids is 1.